The molecule has 0 heterocycles. The summed E-state index contributed by atoms with van der Waals surface area (Å²) >= 11 is 0. The molecule has 2 atom stereocenters. The van der Waals surface area contributed by atoms with Crippen LogP contribution in [0, 0.1) is 20.8 Å². The number of quaternary nitrogens is 2. The minimum absolute atomic E-state index is 0. The normalized spacial score (nSPS) is 16.4. The molecule has 1 aromatic rings. The molecule has 1 aliphatic carbocycles. The van der Waals surface area contributed by atoms with E-state index in [9.17, 15) is 9.59 Å². The lowest BCUT2D eigenvalue weighted by molar-refractivity contribution is -0.922. The summed E-state index contributed by atoms with van der Waals surface area (Å²) in [5.41, 5.74) is 3.83. The molecule has 8 heteroatoms. The SMILES string of the molecule is C=C(C)C1CCC(C)=CC1c1c(OC(=O)OC[N+](C)(CC)CC)cc(CCCCC)cc1OC(=O)OC[N+](C)(CC)CC.[CH3-].[CH3-]. The fourth-order valence-electron chi connectivity index (χ4n) is 5.25. The number of benzene rings is 1. The molecule has 0 fully saturated rings. The molecule has 1 aromatic carbocycles. The number of hydrogen-bond donors (Lipinski definition) is 0. The smallest absolute Gasteiger partial charge is 0.394 e. The Morgan fingerprint density at radius 3 is 1.71 bits per heavy atom. The number of carbonyl (C=O) groups is 2. The number of nitrogens with zero attached hydrogens (tertiary/aromatic N) is 2. The number of carbonyl (C=O) groups excluding carboxylic acids is 2. The van der Waals surface area contributed by atoms with Gasteiger partial charge in [0.15, 0.2) is 0 Å². The summed E-state index contributed by atoms with van der Waals surface area (Å²) in [4.78, 5) is 26.3. The van der Waals surface area contributed by atoms with Gasteiger partial charge in [0.1, 0.15) is 11.5 Å². The third kappa shape index (κ3) is 12.5. The topological polar surface area (TPSA) is 71.1 Å². The predicted octanol–water partition coefficient (Wildman–Crippen LogP) is 9.25. The van der Waals surface area contributed by atoms with E-state index in [2.05, 4.69) is 54.2 Å². The Hall–Kier alpha value is -2.84. The van der Waals surface area contributed by atoms with Crippen LogP contribution in [-0.4, -0.2) is 75.0 Å². The van der Waals surface area contributed by atoms with Crippen LogP contribution in [0.2, 0.25) is 0 Å². The van der Waals surface area contributed by atoms with Crippen molar-refractivity contribution >= 4 is 12.3 Å². The molecule has 0 spiro atoms. The van der Waals surface area contributed by atoms with Crippen molar-refractivity contribution in [2.45, 2.75) is 92.9 Å². The summed E-state index contributed by atoms with van der Waals surface area (Å²) in [6, 6.07) is 3.82. The van der Waals surface area contributed by atoms with E-state index in [1.807, 2.05) is 33.2 Å². The molecule has 0 radical (unpaired) electrons. The maximum absolute atomic E-state index is 13.2. The van der Waals surface area contributed by atoms with E-state index in [0.29, 0.717) is 26.0 Å². The van der Waals surface area contributed by atoms with Crippen molar-refractivity contribution in [2.24, 2.45) is 5.92 Å². The number of hydrogen-bond acceptors (Lipinski definition) is 6. The van der Waals surface area contributed by atoms with Crippen LogP contribution in [0.25, 0.3) is 0 Å². The molecule has 258 valence electrons. The minimum atomic E-state index is -0.769. The number of unbranched alkanes of at least 4 members (excludes halogenated alkanes) is 2. The Balaban J connectivity index is 0.00000968. The molecule has 2 rings (SSSR count). The molecule has 0 aliphatic heterocycles. The van der Waals surface area contributed by atoms with Gasteiger partial charge in [-0.05, 0) is 90.8 Å². The average Bonchev–Trinajstić information content (AvgIpc) is 2.98. The molecule has 1 aliphatic rings. The molecule has 0 bridgehead atoms. The molecule has 0 N–H and O–H groups in total. The molecular weight excluding hydrogens is 568 g/mol. The summed E-state index contributed by atoms with van der Waals surface area (Å²) < 4.78 is 24.4. The Kier molecular flexibility index (Phi) is 18.4. The lowest BCUT2D eigenvalue weighted by Crippen LogP contribution is -2.46. The van der Waals surface area contributed by atoms with E-state index in [4.69, 9.17) is 18.9 Å². The minimum Gasteiger partial charge on any atom is -0.394 e. The van der Waals surface area contributed by atoms with Crippen molar-refractivity contribution in [3.8, 4) is 11.5 Å². The number of aryl methyl sites for hydroxylation is 1. The van der Waals surface area contributed by atoms with Crippen LogP contribution in [0.1, 0.15) is 97.6 Å². The molecule has 0 aromatic heterocycles. The van der Waals surface area contributed by atoms with Gasteiger partial charge >= 0.3 is 12.3 Å². The quantitative estimate of drug-likeness (QED) is 0.0344. The maximum Gasteiger partial charge on any atom is 0.518 e. The lowest BCUT2D eigenvalue weighted by atomic mass is 9.73. The molecule has 0 saturated carbocycles. The van der Waals surface area contributed by atoms with E-state index in [1.54, 1.807) is 0 Å². The molecule has 0 amide bonds. The van der Waals surface area contributed by atoms with Crippen LogP contribution in [0.3, 0.4) is 0 Å². The van der Waals surface area contributed by atoms with E-state index < -0.39 is 12.3 Å². The van der Waals surface area contributed by atoms with Crippen molar-refractivity contribution in [3.05, 3.63) is 61.9 Å². The summed E-state index contributed by atoms with van der Waals surface area (Å²) in [5.74, 6) is 0.607. The Morgan fingerprint density at radius 1 is 0.844 bits per heavy atom. The largest absolute Gasteiger partial charge is 0.518 e. The van der Waals surface area contributed by atoms with Crippen molar-refractivity contribution in [2.75, 3.05) is 53.7 Å². The Labute approximate surface area is 275 Å². The number of ether oxygens (including phenoxy) is 4. The highest BCUT2D eigenvalue weighted by molar-refractivity contribution is 5.69. The van der Waals surface area contributed by atoms with Gasteiger partial charge in [-0.15, -0.1) is 0 Å². The van der Waals surface area contributed by atoms with Gasteiger partial charge in [-0.1, -0.05) is 43.6 Å². The van der Waals surface area contributed by atoms with Crippen molar-refractivity contribution in [1.82, 2.24) is 0 Å². The maximum atomic E-state index is 13.2. The van der Waals surface area contributed by atoms with E-state index in [0.717, 1.165) is 75.8 Å². The molecule has 2 unspecified atom stereocenters. The van der Waals surface area contributed by atoms with Gasteiger partial charge in [-0.3, -0.25) is 8.97 Å². The highest BCUT2D eigenvalue weighted by atomic mass is 16.7. The second kappa shape index (κ2) is 19.6. The second-order valence-corrected chi connectivity index (χ2v) is 12.7. The molecule has 45 heavy (non-hydrogen) atoms. The van der Waals surface area contributed by atoms with Crippen LogP contribution >= 0.6 is 0 Å². The zero-order valence-electron chi connectivity index (χ0n) is 30.4. The monoisotopic (exact) mass is 632 g/mol. The lowest BCUT2D eigenvalue weighted by Gasteiger charge is -2.33. The number of allylic oxidation sites excluding steroid dienone is 3. The first-order valence-electron chi connectivity index (χ1n) is 16.2. The molecular formula is C37H64N2O6. The molecule has 0 saturated heterocycles. The highest BCUT2D eigenvalue weighted by Gasteiger charge is 2.33. The first kappa shape index (κ1) is 42.2. The summed E-state index contributed by atoms with van der Waals surface area (Å²) in [7, 11) is 4.08. The van der Waals surface area contributed by atoms with E-state index in [1.165, 1.54) is 5.57 Å². The van der Waals surface area contributed by atoms with E-state index >= 15 is 0 Å². The second-order valence-electron chi connectivity index (χ2n) is 12.7. The van der Waals surface area contributed by atoms with Gasteiger partial charge < -0.3 is 33.8 Å². The predicted molar refractivity (Wildman–Crippen MR) is 185 cm³/mol. The van der Waals surface area contributed by atoms with Gasteiger partial charge in [0.05, 0.1) is 40.3 Å². The van der Waals surface area contributed by atoms with Gasteiger partial charge in [0, 0.05) is 11.5 Å². The Morgan fingerprint density at radius 2 is 1.31 bits per heavy atom. The fourth-order valence-corrected chi connectivity index (χ4v) is 5.25. The first-order chi connectivity index (χ1) is 20.3. The average molecular weight is 633 g/mol. The van der Waals surface area contributed by atoms with Crippen LogP contribution in [0.5, 0.6) is 11.5 Å². The van der Waals surface area contributed by atoms with Crippen LogP contribution in [0.4, 0.5) is 9.59 Å². The third-order valence-electron chi connectivity index (χ3n) is 9.37. The van der Waals surface area contributed by atoms with E-state index in [-0.39, 0.29) is 40.2 Å². The molecule has 8 nitrogen and oxygen atoms in total. The number of rotatable bonds is 16. The Bertz CT molecular complexity index is 1060. The van der Waals surface area contributed by atoms with Gasteiger partial charge in [0.2, 0.25) is 13.5 Å². The van der Waals surface area contributed by atoms with Gasteiger partial charge in [-0.2, -0.15) is 0 Å². The zero-order chi connectivity index (χ0) is 32.2. The van der Waals surface area contributed by atoms with Crippen molar-refractivity contribution in [3.63, 3.8) is 0 Å². The summed E-state index contributed by atoms with van der Waals surface area (Å²) in [6.45, 7) is 22.5. The standard InChI is InChI=1S/C35H58N2O6.2CH3/c1-11-16-17-18-28-22-31(42-34(38)40-24-36(9,12-2)13-3)33(30-21-27(8)19-20-29(30)26(6)7)32(23-28)43-35(39)41-25-37(10,14-4)15-5;;/h21-23,29-30H,6,11-20,24-25H2,1-5,7-10H3;2*1H3/q+2;2*-1. The van der Waals surface area contributed by atoms with Crippen LogP contribution in [0.15, 0.2) is 35.9 Å². The van der Waals surface area contributed by atoms with Gasteiger partial charge in [0.25, 0.3) is 0 Å². The van der Waals surface area contributed by atoms with Gasteiger partial charge in [-0.25, -0.2) is 9.59 Å². The summed E-state index contributed by atoms with van der Waals surface area (Å²) in [6.07, 6.45) is 6.37. The van der Waals surface area contributed by atoms with Crippen LogP contribution < -0.4 is 9.47 Å². The zero-order valence-corrected chi connectivity index (χ0v) is 30.4. The third-order valence-corrected chi connectivity index (χ3v) is 9.37. The highest BCUT2D eigenvalue weighted by Crippen LogP contribution is 2.47. The van der Waals surface area contributed by atoms with Crippen LogP contribution in [-0.2, 0) is 15.9 Å². The van der Waals surface area contributed by atoms with Crippen molar-refractivity contribution < 1.29 is 37.5 Å². The fraction of sp³-hybridized carbons (Fsp3) is 0.622. The van der Waals surface area contributed by atoms with Crippen molar-refractivity contribution in [1.29, 1.82) is 0 Å². The first-order valence-corrected chi connectivity index (χ1v) is 16.2. The summed E-state index contributed by atoms with van der Waals surface area (Å²) in [5, 5.41) is 0.